The highest BCUT2D eigenvalue weighted by Gasteiger charge is 2.33. The summed E-state index contributed by atoms with van der Waals surface area (Å²) >= 11 is 0. The first kappa shape index (κ1) is 20.5. The Kier molecular flexibility index (Phi) is 5.27. The molecule has 2 atom stereocenters. The highest BCUT2D eigenvalue weighted by Crippen LogP contribution is 2.39. The number of nitrogens with zero attached hydrogens (tertiary/aromatic N) is 2. The van der Waals surface area contributed by atoms with Gasteiger partial charge in [0.25, 0.3) is 5.91 Å². The molecule has 2 aliphatic rings. The van der Waals surface area contributed by atoms with Crippen molar-refractivity contribution in [3.05, 3.63) is 65.2 Å². The molecule has 2 unspecified atom stereocenters. The minimum atomic E-state index is -0.787. The lowest BCUT2D eigenvalue weighted by Crippen LogP contribution is -2.50. The van der Waals surface area contributed by atoms with Crippen molar-refractivity contribution < 1.29 is 18.7 Å². The van der Waals surface area contributed by atoms with E-state index < -0.39 is 12.0 Å². The second-order valence-corrected chi connectivity index (χ2v) is 8.54. The van der Waals surface area contributed by atoms with E-state index in [9.17, 15) is 9.59 Å². The number of nitrogens with two attached hydrogens (primary N) is 1. The minimum absolute atomic E-state index is 0.110. The number of ether oxygens (including phenoxy) is 1. The fourth-order valence-corrected chi connectivity index (χ4v) is 4.69. The Morgan fingerprint density at radius 1 is 1.19 bits per heavy atom. The molecule has 3 heterocycles. The maximum Gasteiger partial charge on any atom is 0.255 e. The van der Waals surface area contributed by atoms with Crippen LogP contribution in [-0.4, -0.2) is 47.5 Å². The molecular weight excluding hydrogens is 406 g/mol. The lowest BCUT2D eigenvalue weighted by molar-refractivity contribution is -0.133. The van der Waals surface area contributed by atoms with Crippen molar-refractivity contribution in [1.82, 2.24) is 9.88 Å². The van der Waals surface area contributed by atoms with E-state index in [0.717, 1.165) is 46.3 Å². The number of aromatic nitrogens is 1. The van der Waals surface area contributed by atoms with Gasteiger partial charge in [0, 0.05) is 11.9 Å². The van der Waals surface area contributed by atoms with Crippen molar-refractivity contribution in [2.75, 3.05) is 19.7 Å². The van der Waals surface area contributed by atoms with E-state index in [4.69, 9.17) is 19.9 Å². The van der Waals surface area contributed by atoms with Gasteiger partial charge in [-0.2, -0.15) is 0 Å². The number of carbonyl (C=O) groups excluding carboxylic acids is 2. The van der Waals surface area contributed by atoms with E-state index in [2.05, 4.69) is 6.92 Å². The van der Waals surface area contributed by atoms with Gasteiger partial charge < -0.3 is 19.8 Å². The molecule has 5 rings (SSSR count). The fourth-order valence-electron chi connectivity index (χ4n) is 4.69. The second kappa shape index (κ2) is 8.24. The van der Waals surface area contributed by atoms with Crippen LogP contribution >= 0.6 is 0 Å². The van der Waals surface area contributed by atoms with Crippen molar-refractivity contribution in [1.29, 1.82) is 0 Å². The molecule has 1 aliphatic heterocycles. The van der Waals surface area contributed by atoms with Gasteiger partial charge in [0.1, 0.15) is 5.76 Å². The van der Waals surface area contributed by atoms with Crippen molar-refractivity contribution in [3.63, 3.8) is 0 Å². The molecule has 3 aromatic rings. The number of primary amides is 1. The van der Waals surface area contributed by atoms with Crippen LogP contribution in [0.3, 0.4) is 0 Å². The molecule has 164 valence electrons. The van der Waals surface area contributed by atoms with Gasteiger partial charge in [0.05, 0.1) is 36.2 Å². The molecule has 2 aromatic heterocycles. The molecule has 0 saturated carbocycles. The Morgan fingerprint density at radius 3 is 2.81 bits per heavy atom. The van der Waals surface area contributed by atoms with E-state index in [0.29, 0.717) is 18.0 Å². The van der Waals surface area contributed by atoms with Crippen LogP contribution in [0, 0.1) is 5.92 Å². The zero-order valence-electron chi connectivity index (χ0n) is 17.9. The third-order valence-corrected chi connectivity index (χ3v) is 6.16. The molecule has 0 spiro atoms. The van der Waals surface area contributed by atoms with E-state index >= 15 is 0 Å². The van der Waals surface area contributed by atoms with Gasteiger partial charge in [-0.05, 0) is 54.2 Å². The van der Waals surface area contributed by atoms with Gasteiger partial charge in [0.2, 0.25) is 5.91 Å². The van der Waals surface area contributed by atoms with Gasteiger partial charge >= 0.3 is 0 Å². The number of fused-ring (bicyclic) bond motifs is 2. The minimum Gasteiger partial charge on any atom is -0.465 e. The second-order valence-electron chi connectivity index (χ2n) is 8.54. The quantitative estimate of drug-likeness (QED) is 0.686. The maximum atomic E-state index is 13.8. The van der Waals surface area contributed by atoms with Crippen LogP contribution in [-0.2, 0) is 16.0 Å². The van der Waals surface area contributed by atoms with Gasteiger partial charge in [-0.1, -0.05) is 25.1 Å². The summed E-state index contributed by atoms with van der Waals surface area (Å²) < 4.78 is 11.0. The molecule has 1 aromatic carbocycles. The Labute approximate surface area is 185 Å². The number of benzene rings is 1. The zero-order chi connectivity index (χ0) is 22.2. The standard InChI is InChI=1S/C25H25N3O4/c1-15-11-16(13-17-5-4-9-31-17)23-19(12-15)22(18-6-2-3-7-20(18)27-23)25(30)28-8-10-32-21(14-28)24(26)29/h2-7,9,13,15,21H,8,10-12,14H2,1H3,(H2,26,29). The number of pyridine rings is 1. The number of allylic oxidation sites excluding steroid dienone is 1. The van der Waals surface area contributed by atoms with Gasteiger partial charge in [0.15, 0.2) is 6.10 Å². The van der Waals surface area contributed by atoms with Crippen LogP contribution < -0.4 is 5.73 Å². The average Bonchev–Trinajstić information content (AvgIpc) is 3.30. The Morgan fingerprint density at radius 2 is 2.03 bits per heavy atom. The number of furan rings is 1. The molecule has 0 radical (unpaired) electrons. The van der Waals surface area contributed by atoms with Crippen LogP contribution in [0.4, 0.5) is 0 Å². The predicted molar refractivity (Wildman–Crippen MR) is 121 cm³/mol. The monoisotopic (exact) mass is 431 g/mol. The van der Waals surface area contributed by atoms with Crippen molar-refractivity contribution in [2.24, 2.45) is 11.7 Å². The first-order valence-corrected chi connectivity index (χ1v) is 10.9. The Bertz CT molecular complexity index is 1220. The smallest absolute Gasteiger partial charge is 0.255 e. The number of carbonyl (C=O) groups is 2. The molecule has 1 aliphatic carbocycles. The molecule has 7 nitrogen and oxygen atoms in total. The summed E-state index contributed by atoms with van der Waals surface area (Å²) in [4.78, 5) is 32.2. The first-order valence-electron chi connectivity index (χ1n) is 10.9. The highest BCUT2D eigenvalue weighted by molar-refractivity contribution is 6.09. The summed E-state index contributed by atoms with van der Waals surface area (Å²) in [5.74, 6) is 0.448. The van der Waals surface area contributed by atoms with Crippen molar-refractivity contribution in [2.45, 2.75) is 25.9 Å². The molecular formula is C25H25N3O4. The lowest BCUT2D eigenvalue weighted by Gasteiger charge is -2.33. The van der Waals surface area contributed by atoms with Gasteiger partial charge in [-0.3, -0.25) is 9.59 Å². The highest BCUT2D eigenvalue weighted by atomic mass is 16.5. The number of amides is 2. The lowest BCUT2D eigenvalue weighted by atomic mass is 9.80. The average molecular weight is 431 g/mol. The number of para-hydroxylation sites is 1. The van der Waals surface area contributed by atoms with Crippen LogP contribution in [0.25, 0.3) is 22.6 Å². The van der Waals surface area contributed by atoms with Crippen LogP contribution in [0.5, 0.6) is 0 Å². The molecule has 1 saturated heterocycles. The normalized spacial score (nSPS) is 22.2. The van der Waals surface area contributed by atoms with Gasteiger partial charge in [-0.25, -0.2) is 4.98 Å². The van der Waals surface area contributed by atoms with Gasteiger partial charge in [-0.15, -0.1) is 0 Å². The predicted octanol–water partition coefficient (Wildman–Crippen LogP) is 3.28. The molecule has 2 N–H and O–H groups in total. The summed E-state index contributed by atoms with van der Waals surface area (Å²) in [6, 6.07) is 11.5. The molecule has 32 heavy (non-hydrogen) atoms. The first-order chi connectivity index (χ1) is 15.5. The van der Waals surface area contributed by atoms with E-state index in [1.165, 1.54) is 0 Å². The largest absolute Gasteiger partial charge is 0.465 e. The number of hydrogen-bond donors (Lipinski definition) is 1. The summed E-state index contributed by atoms with van der Waals surface area (Å²) in [6.45, 7) is 3.04. The number of hydrogen-bond acceptors (Lipinski definition) is 5. The third kappa shape index (κ3) is 3.69. The van der Waals surface area contributed by atoms with Crippen molar-refractivity contribution >= 4 is 34.4 Å². The van der Waals surface area contributed by atoms with Crippen LogP contribution in [0.15, 0.2) is 47.1 Å². The summed E-state index contributed by atoms with van der Waals surface area (Å²) in [5, 5.41) is 0.824. The third-order valence-electron chi connectivity index (χ3n) is 6.16. The zero-order valence-corrected chi connectivity index (χ0v) is 17.9. The molecule has 1 fully saturated rings. The molecule has 2 amide bonds. The van der Waals surface area contributed by atoms with Crippen LogP contribution in [0.2, 0.25) is 0 Å². The van der Waals surface area contributed by atoms with E-state index in [1.54, 1.807) is 11.2 Å². The van der Waals surface area contributed by atoms with Crippen molar-refractivity contribution in [3.8, 4) is 0 Å². The number of morpholine rings is 1. The maximum absolute atomic E-state index is 13.8. The summed E-state index contributed by atoms with van der Waals surface area (Å²) in [5.41, 5.74) is 9.73. The fraction of sp³-hybridized carbons (Fsp3) is 0.320. The molecule has 7 heteroatoms. The Hall–Kier alpha value is -3.45. The number of rotatable bonds is 3. The topological polar surface area (TPSA) is 98.7 Å². The molecule has 0 bridgehead atoms. The Balaban J connectivity index is 1.66. The summed E-state index contributed by atoms with van der Waals surface area (Å²) in [7, 11) is 0. The van der Waals surface area contributed by atoms with E-state index in [-0.39, 0.29) is 19.1 Å². The van der Waals surface area contributed by atoms with E-state index in [1.807, 2.05) is 42.5 Å². The SMILES string of the molecule is CC1CC(=Cc2ccco2)c2nc3ccccc3c(C(=O)N3CCOC(C(N)=O)C3)c2C1. The summed E-state index contributed by atoms with van der Waals surface area (Å²) in [6.07, 6.45) is 4.49. The van der Waals surface area contributed by atoms with Crippen LogP contribution in [0.1, 0.15) is 40.7 Å².